The molecule has 0 spiro atoms. The van der Waals surface area contributed by atoms with Gasteiger partial charge < -0.3 is 0 Å². The maximum Gasteiger partial charge on any atom is 0.195 e. The van der Waals surface area contributed by atoms with Crippen LogP contribution in [0.1, 0.15) is 27.9 Å². The third-order valence-electron chi connectivity index (χ3n) is 2.78. The van der Waals surface area contributed by atoms with E-state index in [-0.39, 0.29) is 11.3 Å². The van der Waals surface area contributed by atoms with Gasteiger partial charge in [-0.2, -0.15) is 0 Å². The van der Waals surface area contributed by atoms with E-state index >= 15 is 0 Å². The Balaban J connectivity index is 2.38. The second-order valence-electron chi connectivity index (χ2n) is 4.11. The monoisotopic (exact) mass is 241 g/mol. The lowest BCUT2D eigenvalue weighted by Gasteiger charge is -2.05. The van der Waals surface area contributed by atoms with Gasteiger partial charge in [-0.05, 0) is 30.5 Å². The first-order valence-corrected chi connectivity index (χ1v) is 5.90. The van der Waals surface area contributed by atoms with Crippen LogP contribution in [-0.4, -0.2) is 5.78 Å². The topological polar surface area (TPSA) is 17.1 Å². The lowest BCUT2D eigenvalue weighted by molar-refractivity contribution is 0.103. The summed E-state index contributed by atoms with van der Waals surface area (Å²) in [6, 6.07) is 13.4. The molecule has 18 heavy (non-hydrogen) atoms. The molecule has 0 saturated heterocycles. The molecule has 2 rings (SSSR count). The predicted molar refractivity (Wildman–Crippen MR) is 70.0 cm³/mol. The second kappa shape index (κ2) is 5.58. The Labute approximate surface area is 106 Å². The summed E-state index contributed by atoms with van der Waals surface area (Å²) >= 11 is 0. The van der Waals surface area contributed by atoms with Crippen LogP contribution >= 0.6 is 0 Å². The van der Waals surface area contributed by atoms with Gasteiger partial charge in [0.15, 0.2) is 5.78 Å². The summed E-state index contributed by atoms with van der Waals surface area (Å²) in [5.74, 6) is -0.754. The van der Waals surface area contributed by atoms with E-state index in [1.54, 1.807) is 36.4 Å². The summed E-state index contributed by atoms with van der Waals surface area (Å²) in [4.78, 5) is 12.2. The van der Waals surface area contributed by atoms with Crippen molar-refractivity contribution in [2.45, 2.75) is 12.8 Å². The van der Waals surface area contributed by atoms with E-state index in [1.165, 1.54) is 6.07 Å². The van der Waals surface area contributed by atoms with Crippen LogP contribution in [-0.2, 0) is 6.42 Å². The fourth-order valence-electron chi connectivity index (χ4n) is 1.85. The molecule has 2 heteroatoms. The summed E-state index contributed by atoms with van der Waals surface area (Å²) < 4.78 is 13.7. The average molecular weight is 241 g/mol. The van der Waals surface area contributed by atoms with Crippen molar-refractivity contribution >= 4 is 5.78 Å². The molecule has 1 nitrogen and oxygen atoms in total. The average Bonchev–Trinajstić information content (AvgIpc) is 2.41. The molecule has 0 N–H and O–H groups in total. The molecule has 0 fully saturated rings. The minimum Gasteiger partial charge on any atom is -0.288 e. The van der Waals surface area contributed by atoms with Crippen LogP contribution in [0, 0.1) is 12.7 Å². The first-order valence-electron chi connectivity index (χ1n) is 5.90. The van der Waals surface area contributed by atoms with Crippen molar-refractivity contribution < 1.29 is 9.18 Å². The zero-order valence-corrected chi connectivity index (χ0v) is 10.0. The van der Waals surface area contributed by atoms with Gasteiger partial charge in [-0.15, -0.1) is 0 Å². The molecule has 0 aliphatic carbocycles. The molecular formula is C16H14FO. The van der Waals surface area contributed by atoms with Gasteiger partial charge >= 0.3 is 0 Å². The molecule has 0 bridgehead atoms. The number of ketones is 1. The van der Waals surface area contributed by atoms with E-state index in [0.29, 0.717) is 5.56 Å². The highest BCUT2D eigenvalue weighted by molar-refractivity contribution is 6.09. The minimum absolute atomic E-state index is 0.132. The predicted octanol–water partition coefficient (Wildman–Crippen LogP) is 3.82. The van der Waals surface area contributed by atoms with Crippen molar-refractivity contribution in [2.24, 2.45) is 0 Å². The van der Waals surface area contributed by atoms with E-state index in [4.69, 9.17) is 0 Å². The molecule has 0 aliphatic heterocycles. The van der Waals surface area contributed by atoms with Crippen LogP contribution < -0.4 is 0 Å². The number of benzene rings is 2. The van der Waals surface area contributed by atoms with Gasteiger partial charge in [0.25, 0.3) is 0 Å². The minimum atomic E-state index is -0.475. The van der Waals surface area contributed by atoms with Crippen LogP contribution in [0.15, 0.2) is 48.5 Å². The quantitative estimate of drug-likeness (QED) is 0.744. The van der Waals surface area contributed by atoms with Crippen molar-refractivity contribution in [3.63, 3.8) is 0 Å². The summed E-state index contributed by atoms with van der Waals surface area (Å²) in [5, 5.41) is 0. The van der Waals surface area contributed by atoms with E-state index in [0.717, 1.165) is 18.4 Å². The highest BCUT2D eigenvalue weighted by atomic mass is 19.1. The van der Waals surface area contributed by atoms with E-state index < -0.39 is 5.82 Å². The van der Waals surface area contributed by atoms with Crippen molar-refractivity contribution in [2.75, 3.05) is 0 Å². The molecule has 0 aromatic heterocycles. The normalized spacial score (nSPS) is 10.3. The molecule has 0 saturated carbocycles. The lowest BCUT2D eigenvalue weighted by Crippen LogP contribution is -2.05. The third kappa shape index (κ3) is 2.65. The largest absolute Gasteiger partial charge is 0.288 e. The molecule has 0 aliphatic rings. The fourth-order valence-corrected chi connectivity index (χ4v) is 1.85. The van der Waals surface area contributed by atoms with Gasteiger partial charge in [0.1, 0.15) is 5.82 Å². The van der Waals surface area contributed by atoms with Crippen LogP contribution in [0.5, 0.6) is 0 Å². The first kappa shape index (κ1) is 12.5. The summed E-state index contributed by atoms with van der Waals surface area (Å²) in [5.41, 5.74) is 1.57. The highest BCUT2D eigenvalue weighted by Crippen LogP contribution is 2.16. The van der Waals surface area contributed by atoms with Crippen molar-refractivity contribution in [3.8, 4) is 0 Å². The second-order valence-corrected chi connectivity index (χ2v) is 4.11. The molecule has 1 radical (unpaired) electrons. The Morgan fingerprint density at radius 2 is 1.83 bits per heavy atom. The lowest BCUT2D eigenvalue weighted by atomic mass is 9.99. The number of halogens is 1. The van der Waals surface area contributed by atoms with E-state index in [9.17, 15) is 9.18 Å². The van der Waals surface area contributed by atoms with Crippen LogP contribution in [0.3, 0.4) is 0 Å². The highest BCUT2D eigenvalue weighted by Gasteiger charge is 2.14. The van der Waals surface area contributed by atoms with Gasteiger partial charge in [-0.3, -0.25) is 4.79 Å². The van der Waals surface area contributed by atoms with E-state index in [1.807, 2.05) is 6.07 Å². The van der Waals surface area contributed by atoms with Crippen molar-refractivity contribution in [3.05, 3.63) is 78.0 Å². The first-order chi connectivity index (χ1) is 8.72. The number of carbonyl (C=O) groups excluding carboxylic acids is 1. The summed E-state index contributed by atoms with van der Waals surface area (Å²) in [6.07, 6.45) is 1.47. The Bertz CT molecular complexity index is 546. The zero-order valence-electron chi connectivity index (χ0n) is 10.0. The van der Waals surface area contributed by atoms with Gasteiger partial charge in [-0.1, -0.05) is 43.3 Å². The maximum absolute atomic E-state index is 13.7. The Kier molecular flexibility index (Phi) is 3.88. The molecule has 0 heterocycles. The van der Waals surface area contributed by atoms with Crippen LogP contribution in [0.2, 0.25) is 0 Å². The van der Waals surface area contributed by atoms with Crippen molar-refractivity contribution in [1.82, 2.24) is 0 Å². The zero-order chi connectivity index (χ0) is 13.0. The molecule has 0 amide bonds. The Hall–Kier alpha value is -1.96. The molecular weight excluding hydrogens is 227 g/mol. The SMILES string of the molecule is [CH2]CCc1ccc(F)c(C(=O)c2ccccc2)c1. The molecule has 0 unspecified atom stereocenters. The number of rotatable bonds is 4. The van der Waals surface area contributed by atoms with Crippen LogP contribution in [0.4, 0.5) is 4.39 Å². The summed E-state index contributed by atoms with van der Waals surface area (Å²) in [6.45, 7) is 3.76. The molecule has 2 aromatic carbocycles. The number of hydrogen-bond donors (Lipinski definition) is 0. The fraction of sp³-hybridized carbons (Fsp3) is 0.125. The van der Waals surface area contributed by atoms with Gasteiger partial charge in [-0.25, -0.2) is 4.39 Å². The van der Waals surface area contributed by atoms with Gasteiger partial charge in [0, 0.05) is 5.56 Å². The van der Waals surface area contributed by atoms with Crippen LogP contribution in [0.25, 0.3) is 0 Å². The third-order valence-corrected chi connectivity index (χ3v) is 2.78. The number of aryl methyl sites for hydroxylation is 1. The smallest absolute Gasteiger partial charge is 0.195 e. The van der Waals surface area contributed by atoms with Gasteiger partial charge in [0.05, 0.1) is 5.56 Å². The van der Waals surface area contributed by atoms with E-state index in [2.05, 4.69) is 6.92 Å². The number of hydrogen-bond acceptors (Lipinski definition) is 1. The standard InChI is InChI=1S/C16H14FO/c1-2-6-12-9-10-15(17)14(11-12)16(18)13-7-4-3-5-8-13/h3-5,7-11H,1-2,6H2. The summed E-state index contributed by atoms with van der Waals surface area (Å²) in [7, 11) is 0. The number of carbonyl (C=O) groups is 1. The molecule has 2 aromatic rings. The molecule has 91 valence electrons. The Morgan fingerprint density at radius 1 is 1.11 bits per heavy atom. The maximum atomic E-state index is 13.7. The van der Waals surface area contributed by atoms with Crippen molar-refractivity contribution in [1.29, 1.82) is 0 Å². The molecule has 0 atom stereocenters. The Morgan fingerprint density at radius 3 is 2.50 bits per heavy atom. The van der Waals surface area contributed by atoms with Gasteiger partial charge in [0.2, 0.25) is 0 Å².